The van der Waals surface area contributed by atoms with E-state index in [-0.39, 0.29) is 54.9 Å². The number of urea groups is 1. The summed E-state index contributed by atoms with van der Waals surface area (Å²) in [4.78, 5) is 14.5. The molecule has 0 bridgehead atoms. The Labute approximate surface area is 220 Å². The summed E-state index contributed by atoms with van der Waals surface area (Å²) in [7, 11) is -0.850. The van der Waals surface area contributed by atoms with Crippen LogP contribution in [0.3, 0.4) is 0 Å². The van der Waals surface area contributed by atoms with Crippen LogP contribution in [0.15, 0.2) is 30.6 Å². The molecule has 34 heavy (non-hydrogen) atoms. The zero-order valence-corrected chi connectivity index (χ0v) is 22.4. The van der Waals surface area contributed by atoms with Crippen LogP contribution in [0.5, 0.6) is 0 Å². The molecule has 1 aliphatic heterocycles. The predicted octanol–water partition coefficient (Wildman–Crippen LogP) is 0.0849. The van der Waals surface area contributed by atoms with Crippen LogP contribution in [0.25, 0.3) is 0 Å². The fraction of sp³-hybridized carbons (Fsp3) is 0.500. The average Bonchev–Trinajstić information content (AvgIpc) is 3.32. The maximum Gasteiger partial charge on any atom is 1.00 e. The molecule has 0 radical (unpaired) electrons. The third kappa shape index (κ3) is 7.11. The summed E-state index contributed by atoms with van der Waals surface area (Å²) in [6, 6.07) is 1.90. The van der Waals surface area contributed by atoms with Crippen molar-refractivity contribution in [3.8, 4) is 0 Å². The third-order valence-electron chi connectivity index (χ3n) is 5.53. The van der Waals surface area contributed by atoms with Crippen molar-refractivity contribution >= 4 is 27.6 Å². The number of nitrogens with zero attached hydrogens (tertiary/aromatic N) is 4. The minimum atomic E-state index is -4.60. The van der Waals surface area contributed by atoms with Gasteiger partial charge in [0.15, 0.2) is 0 Å². The molecule has 2 amide bonds. The number of halogens is 3. The number of rotatable bonds is 7. The SMILES string of the molecule is CCc1cc(NC(=O)NS(=O)(=O)N(C[C@@H]2CCCN2C)c2cnn(C)c2)cc(C(F)(F)F)c1.[H-].[Na+]. The molecule has 0 saturated carbocycles. The summed E-state index contributed by atoms with van der Waals surface area (Å²) < 4.78 is 70.1. The van der Waals surface area contributed by atoms with Crippen LogP contribution in [0, 0.1) is 0 Å². The summed E-state index contributed by atoms with van der Waals surface area (Å²) in [5.74, 6) is 0. The monoisotopic (exact) mass is 512 g/mol. The number of aryl methyl sites for hydroxylation is 2. The number of benzene rings is 1. The number of aromatic nitrogens is 2. The second-order valence-electron chi connectivity index (χ2n) is 8.01. The van der Waals surface area contributed by atoms with Crippen LogP contribution in [0.2, 0.25) is 0 Å². The summed E-state index contributed by atoms with van der Waals surface area (Å²) >= 11 is 0. The summed E-state index contributed by atoms with van der Waals surface area (Å²) in [6.45, 7) is 2.60. The van der Waals surface area contributed by atoms with Crippen LogP contribution in [-0.2, 0) is 29.9 Å². The number of likely N-dealkylation sites (tertiary alicyclic amines) is 1. The number of hydrogen-bond acceptors (Lipinski definition) is 5. The Morgan fingerprint density at radius 2 is 2.00 bits per heavy atom. The molecule has 9 nitrogen and oxygen atoms in total. The quantitative estimate of drug-likeness (QED) is 0.513. The van der Waals surface area contributed by atoms with Gasteiger partial charge in [-0.1, -0.05) is 6.92 Å². The van der Waals surface area contributed by atoms with Gasteiger partial charge in [-0.2, -0.15) is 26.7 Å². The summed E-state index contributed by atoms with van der Waals surface area (Å²) in [5, 5.41) is 6.22. The molecule has 2 aromatic rings. The fourth-order valence-electron chi connectivity index (χ4n) is 3.74. The molecule has 3 rings (SSSR count). The van der Waals surface area contributed by atoms with Gasteiger partial charge in [0.25, 0.3) is 0 Å². The normalized spacial score (nSPS) is 16.7. The van der Waals surface area contributed by atoms with E-state index in [2.05, 4.69) is 10.4 Å². The van der Waals surface area contributed by atoms with E-state index >= 15 is 0 Å². The number of anilines is 2. The van der Waals surface area contributed by atoms with Crippen molar-refractivity contribution in [3.63, 3.8) is 0 Å². The molecule has 184 valence electrons. The molecule has 0 spiro atoms. The number of carbonyl (C=O) groups excluding carboxylic acids is 1. The fourth-order valence-corrected chi connectivity index (χ4v) is 4.88. The first-order chi connectivity index (χ1) is 15.4. The van der Waals surface area contributed by atoms with Crippen LogP contribution in [0.4, 0.5) is 29.3 Å². The zero-order chi connectivity index (χ0) is 24.4. The van der Waals surface area contributed by atoms with Gasteiger partial charge in [0.2, 0.25) is 0 Å². The van der Waals surface area contributed by atoms with Crippen molar-refractivity contribution in [1.29, 1.82) is 0 Å². The van der Waals surface area contributed by atoms with Crippen molar-refractivity contribution in [3.05, 3.63) is 41.7 Å². The number of carbonyl (C=O) groups is 1. The van der Waals surface area contributed by atoms with E-state index in [0.717, 1.165) is 35.8 Å². The Balaban J connectivity index is 0.00000306. The van der Waals surface area contributed by atoms with Crippen LogP contribution < -0.4 is 43.9 Å². The second kappa shape index (κ2) is 11.3. The predicted molar refractivity (Wildman–Crippen MR) is 119 cm³/mol. The number of hydrogen-bond donors (Lipinski definition) is 2. The minimum Gasteiger partial charge on any atom is -1.00 e. The smallest absolute Gasteiger partial charge is 1.00 e. The minimum absolute atomic E-state index is 0. The van der Waals surface area contributed by atoms with Crippen molar-refractivity contribution in [2.24, 2.45) is 7.05 Å². The van der Waals surface area contributed by atoms with Gasteiger partial charge in [0.1, 0.15) is 0 Å². The third-order valence-corrected chi connectivity index (χ3v) is 6.91. The first-order valence-corrected chi connectivity index (χ1v) is 11.8. The van der Waals surface area contributed by atoms with Crippen molar-refractivity contribution < 1.29 is 57.4 Å². The van der Waals surface area contributed by atoms with E-state index in [0.29, 0.717) is 12.0 Å². The maximum atomic E-state index is 13.2. The number of likely N-dealkylation sites (N-methyl/N-ethyl adjacent to an activating group) is 1. The molecular weight excluding hydrogens is 484 g/mol. The summed E-state index contributed by atoms with van der Waals surface area (Å²) in [6.07, 6.45) is 0.292. The molecule has 1 aromatic heterocycles. The van der Waals surface area contributed by atoms with Gasteiger partial charge in [-0.05, 0) is 56.6 Å². The van der Waals surface area contributed by atoms with E-state index in [1.54, 1.807) is 14.0 Å². The standard InChI is InChI=1S/C20H27F3N6O3S.Na.H/c1-4-14-8-15(20(21,22)23)10-16(9-14)25-19(30)26-33(31,32)29(18-11-24-28(3)12-18)13-17-6-5-7-27(17)2;;/h8-12,17H,4-7,13H2,1-3H3,(H2,25,26,30);;/q;+1;-1/t17-;;/m0../s1. The Kier molecular flexibility index (Phi) is 9.44. The van der Waals surface area contributed by atoms with Crippen molar-refractivity contribution in [2.45, 2.75) is 38.4 Å². The summed E-state index contributed by atoms with van der Waals surface area (Å²) in [5.41, 5.74) is -0.464. The Hall–Kier alpha value is -1.80. The van der Waals surface area contributed by atoms with Gasteiger partial charge in [-0.15, -0.1) is 0 Å². The van der Waals surface area contributed by atoms with Gasteiger partial charge >= 0.3 is 52.0 Å². The van der Waals surface area contributed by atoms with E-state index in [4.69, 9.17) is 0 Å². The number of nitrogens with one attached hydrogen (secondary N) is 2. The first kappa shape index (κ1) is 28.4. The number of amides is 2. The van der Waals surface area contributed by atoms with Crippen molar-refractivity contribution in [1.82, 2.24) is 19.4 Å². The molecule has 2 heterocycles. The van der Waals surface area contributed by atoms with Crippen molar-refractivity contribution in [2.75, 3.05) is 29.8 Å². The Morgan fingerprint density at radius 1 is 1.29 bits per heavy atom. The molecule has 0 aliphatic carbocycles. The average molecular weight is 513 g/mol. The van der Waals surface area contributed by atoms with E-state index in [1.165, 1.54) is 23.1 Å². The zero-order valence-electron chi connectivity index (χ0n) is 20.6. The number of alkyl halides is 3. The topological polar surface area (TPSA) is 99.6 Å². The van der Waals surface area contributed by atoms with Gasteiger partial charge in [0, 0.05) is 25.0 Å². The first-order valence-electron chi connectivity index (χ1n) is 10.4. The van der Waals surface area contributed by atoms with E-state index in [9.17, 15) is 26.4 Å². The largest absolute Gasteiger partial charge is 1.00 e. The molecule has 0 unspecified atom stereocenters. The molecule has 1 aromatic carbocycles. The molecular formula is C20H28F3N6NaO3S. The van der Waals surface area contributed by atoms with E-state index in [1.807, 2.05) is 16.7 Å². The second-order valence-corrected chi connectivity index (χ2v) is 9.61. The molecule has 1 saturated heterocycles. The van der Waals surface area contributed by atoms with Gasteiger partial charge in [0.05, 0.1) is 24.0 Å². The molecule has 2 N–H and O–H groups in total. The molecule has 1 aliphatic rings. The van der Waals surface area contributed by atoms with Gasteiger partial charge in [-0.25, -0.2) is 13.8 Å². The van der Waals surface area contributed by atoms with Crippen LogP contribution in [-0.4, -0.2) is 55.3 Å². The molecule has 1 fully saturated rings. The van der Waals surface area contributed by atoms with Gasteiger partial charge in [-0.3, -0.25) is 4.68 Å². The Morgan fingerprint density at radius 3 is 2.53 bits per heavy atom. The Bertz CT molecular complexity index is 1120. The molecule has 1 atom stereocenters. The molecule has 14 heteroatoms. The van der Waals surface area contributed by atoms with E-state index < -0.39 is 28.0 Å². The van der Waals surface area contributed by atoms with Crippen LogP contribution in [0.1, 0.15) is 32.3 Å². The van der Waals surface area contributed by atoms with Crippen LogP contribution >= 0.6 is 0 Å². The van der Waals surface area contributed by atoms with Gasteiger partial charge < -0.3 is 11.6 Å². The maximum absolute atomic E-state index is 13.2.